The van der Waals surface area contributed by atoms with Crippen molar-refractivity contribution in [3.05, 3.63) is 35.9 Å². The van der Waals surface area contributed by atoms with Crippen LogP contribution >= 0.6 is 0 Å². The lowest BCUT2D eigenvalue weighted by molar-refractivity contribution is 0.220. The maximum Gasteiger partial charge on any atom is 0.0626 e. The van der Waals surface area contributed by atoms with Gasteiger partial charge in [-0.05, 0) is 36.8 Å². The lowest BCUT2D eigenvalue weighted by Gasteiger charge is -2.28. The molecule has 2 nitrogen and oxygen atoms in total. The van der Waals surface area contributed by atoms with Crippen molar-refractivity contribution in [2.45, 2.75) is 38.6 Å². The van der Waals surface area contributed by atoms with Gasteiger partial charge >= 0.3 is 0 Å². The Bertz CT molecular complexity index is 338. The maximum atomic E-state index is 9.50. The monoisotopic (exact) mass is 247 g/mol. The summed E-state index contributed by atoms with van der Waals surface area (Å²) in [6.07, 6.45) is 5.42. The zero-order valence-electron chi connectivity index (χ0n) is 11.3. The van der Waals surface area contributed by atoms with Crippen molar-refractivity contribution < 1.29 is 5.11 Å². The molecule has 1 saturated carbocycles. The lowest BCUT2D eigenvalue weighted by Crippen LogP contribution is -2.31. The van der Waals surface area contributed by atoms with Gasteiger partial charge in [0.2, 0.25) is 0 Å². The number of aliphatic hydroxyl groups excluding tert-OH is 1. The van der Waals surface area contributed by atoms with Gasteiger partial charge in [0.25, 0.3) is 0 Å². The van der Waals surface area contributed by atoms with Crippen LogP contribution in [0.5, 0.6) is 0 Å². The number of rotatable bonds is 5. The number of benzene rings is 1. The fourth-order valence-corrected chi connectivity index (χ4v) is 3.03. The maximum absolute atomic E-state index is 9.50. The lowest BCUT2D eigenvalue weighted by atomic mass is 9.82. The molecule has 2 N–H and O–H groups in total. The third kappa shape index (κ3) is 3.82. The van der Waals surface area contributed by atoms with Crippen molar-refractivity contribution in [3.63, 3.8) is 0 Å². The minimum absolute atomic E-state index is 0.0865. The van der Waals surface area contributed by atoms with E-state index in [0.29, 0.717) is 0 Å². The molecule has 0 heterocycles. The summed E-state index contributed by atoms with van der Waals surface area (Å²) in [5, 5.41) is 13.0. The standard InChI is InChI=1S/C16H25NO/c1-13-6-5-7-14(10-13)11-17-16(12-18)15-8-3-2-4-9-15/h2-4,8-9,13-14,16-18H,5-7,10-12H2,1H3/t13?,14?,16-/m0/s1. The van der Waals surface area contributed by atoms with Gasteiger partial charge in [0, 0.05) is 0 Å². The predicted molar refractivity (Wildman–Crippen MR) is 75.4 cm³/mol. The summed E-state index contributed by atoms with van der Waals surface area (Å²) in [6.45, 7) is 3.56. The van der Waals surface area contributed by atoms with E-state index in [1.54, 1.807) is 0 Å². The third-order valence-electron chi connectivity index (χ3n) is 4.08. The summed E-state index contributed by atoms with van der Waals surface area (Å²) in [5.41, 5.74) is 1.18. The number of hydrogen-bond acceptors (Lipinski definition) is 2. The van der Waals surface area contributed by atoms with Gasteiger partial charge in [-0.1, -0.05) is 50.1 Å². The van der Waals surface area contributed by atoms with E-state index in [0.717, 1.165) is 18.4 Å². The molecule has 100 valence electrons. The van der Waals surface area contributed by atoms with Crippen molar-refractivity contribution in [2.75, 3.05) is 13.2 Å². The second kappa shape index (κ2) is 6.91. The van der Waals surface area contributed by atoms with Gasteiger partial charge < -0.3 is 10.4 Å². The molecule has 2 unspecified atom stereocenters. The van der Waals surface area contributed by atoms with E-state index in [1.807, 2.05) is 18.2 Å². The van der Waals surface area contributed by atoms with Gasteiger partial charge in [-0.15, -0.1) is 0 Å². The van der Waals surface area contributed by atoms with Crippen LogP contribution in [0.1, 0.15) is 44.2 Å². The van der Waals surface area contributed by atoms with Gasteiger partial charge in [-0.25, -0.2) is 0 Å². The van der Waals surface area contributed by atoms with Gasteiger partial charge in [0.1, 0.15) is 0 Å². The fourth-order valence-electron chi connectivity index (χ4n) is 3.03. The second-order valence-electron chi connectivity index (χ2n) is 5.69. The number of aliphatic hydroxyl groups is 1. The molecule has 3 atom stereocenters. The molecule has 0 saturated heterocycles. The molecule has 1 fully saturated rings. The Morgan fingerprint density at radius 3 is 2.72 bits per heavy atom. The van der Waals surface area contributed by atoms with E-state index >= 15 is 0 Å². The van der Waals surface area contributed by atoms with Crippen LogP contribution in [0.3, 0.4) is 0 Å². The van der Waals surface area contributed by atoms with Crippen molar-refractivity contribution in [1.82, 2.24) is 5.32 Å². The first-order valence-corrected chi connectivity index (χ1v) is 7.18. The van der Waals surface area contributed by atoms with E-state index in [1.165, 1.54) is 31.2 Å². The average Bonchev–Trinajstić information content (AvgIpc) is 2.41. The van der Waals surface area contributed by atoms with E-state index in [4.69, 9.17) is 0 Å². The second-order valence-corrected chi connectivity index (χ2v) is 5.69. The smallest absolute Gasteiger partial charge is 0.0626 e. The Morgan fingerprint density at radius 2 is 2.06 bits per heavy atom. The quantitative estimate of drug-likeness (QED) is 0.838. The summed E-state index contributed by atoms with van der Waals surface area (Å²) in [7, 11) is 0. The van der Waals surface area contributed by atoms with Crippen molar-refractivity contribution in [2.24, 2.45) is 11.8 Å². The number of hydrogen-bond donors (Lipinski definition) is 2. The molecule has 1 aromatic carbocycles. The molecular weight excluding hydrogens is 222 g/mol. The molecule has 1 aromatic rings. The van der Waals surface area contributed by atoms with Crippen LogP contribution in [0.15, 0.2) is 30.3 Å². The van der Waals surface area contributed by atoms with Crippen LogP contribution in [0, 0.1) is 11.8 Å². The fraction of sp³-hybridized carbons (Fsp3) is 0.625. The molecule has 0 radical (unpaired) electrons. The highest BCUT2D eigenvalue weighted by Crippen LogP contribution is 2.28. The zero-order chi connectivity index (χ0) is 12.8. The largest absolute Gasteiger partial charge is 0.394 e. The van der Waals surface area contributed by atoms with Crippen LogP contribution in [-0.4, -0.2) is 18.3 Å². The Hall–Kier alpha value is -0.860. The van der Waals surface area contributed by atoms with Crippen LogP contribution in [0.4, 0.5) is 0 Å². The van der Waals surface area contributed by atoms with Crippen LogP contribution in [0.2, 0.25) is 0 Å². The van der Waals surface area contributed by atoms with Gasteiger partial charge in [-0.3, -0.25) is 0 Å². The van der Waals surface area contributed by atoms with Crippen LogP contribution in [-0.2, 0) is 0 Å². The molecule has 1 aliphatic rings. The molecule has 0 amide bonds. The van der Waals surface area contributed by atoms with E-state index in [2.05, 4.69) is 24.4 Å². The van der Waals surface area contributed by atoms with Crippen molar-refractivity contribution >= 4 is 0 Å². The van der Waals surface area contributed by atoms with Gasteiger partial charge in [0.15, 0.2) is 0 Å². The van der Waals surface area contributed by atoms with Crippen LogP contribution < -0.4 is 5.32 Å². The molecule has 0 aromatic heterocycles. The minimum Gasteiger partial charge on any atom is -0.394 e. The molecule has 0 bridgehead atoms. The summed E-state index contributed by atoms with van der Waals surface area (Å²) in [5.74, 6) is 1.65. The Kier molecular flexibility index (Phi) is 5.21. The SMILES string of the molecule is CC1CCCC(CN[C@@H](CO)c2ccccc2)C1. The molecule has 18 heavy (non-hydrogen) atoms. The molecular formula is C16H25NO. The van der Waals surface area contributed by atoms with E-state index < -0.39 is 0 Å². The highest BCUT2D eigenvalue weighted by molar-refractivity contribution is 5.18. The topological polar surface area (TPSA) is 32.3 Å². The molecule has 2 rings (SSSR count). The summed E-state index contributed by atoms with van der Waals surface area (Å²) in [4.78, 5) is 0. The van der Waals surface area contributed by atoms with E-state index in [9.17, 15) is 5.11 Å². The Labute approximate surface area is 110 Å². The van der Waals surface area contributed by atoms with Crippen LogP contribution in [0.25, 0.3) is 0 Å². The Morgan fingerprint density at radius 1 is 1.28 bits per heavy atom. The first-order valence-electron chi connectivity index (χ1n) is 7.18. The predicted octanol–water partition coefficient (Wildman–Crippen LogP) is 3.14. The normalized spacial score (nSPS) is 25.9. The molecule has 1 aliphatic carbocycles. The summed E-state index contributed by atoms with van der Waals surface area (Å²) in [6, 6.07) is 10.3. The minimum atomic E-state index is 0.0865. The van der Waals surface area contributed by atoms with Gasteiger partial charge in [0.05, 0.1) is 12.6 Å². The molecule has 0 aliphatic heterocycles. The summed E-state index contributed by atoms with van der Waals surface area (Å²) >= 11 is 0. The zero-order valence-corrected chi connectivity index (χ0v) is 11.3. The first-order chi connectivity index (χ1) is 8.79. The number of nitrogens with one attached hydrogen (secondary N) is 1. The Balaban J connectivity index is 1.84. The third-order valence-corrected chi connectivity index (χ3v) is 4.08. The van der Waals surface area contributed by atoms with Gasteiger partial charge in [-0.2, -0.15) is 0 Å². The highest BCUT2D eigenvalue weighted by Gasteiger charge is 2.20. The average molecular weight is 247 g/mol. The molecule has 2 heteroatoms. The molecule has 0 spiro atoms. The summed E-state index contributed by atoms with van der Waals surface area (Å²) < 4.78 is 0. The van der Waals surface area contributed by atoms with Crippen molar-refractivity contribution in [3.8, 4) is 0 Å². The van der Waals surface area contributed by atoms with E-state index in [-0.39, 0.29) is 12.6 Å². The first kappa shape index (κ1) is 13.6. The van der Waals surface area contributed by atoms with Crippen molar-refractivity contribution in [1.29, 1.82) is 0 Å². The highest BCUT2D eigenvalue weighted by atomic mass is 16.3.